The maximum absolute atomic E-state index is 13.7. The van der Waals surface area contributed by atoms with Gasteiger partial charge < -0.3 is 0 Å². The lowest BCUT2D eigenvalue weighted by molar-refractivity contribution is 0.631. The van der Waals surface area contributed by atoms with Crippen LogP contribution in [0, 0.1) is 5.82 Å². The van der Waals surface area contributed by atoms with Crippen molar-refractivity contribution in [3.8, 4) is 11.1 Å². The average Bonchev–Trinajstić information content (AvgIpc) is 2.90. The van der Waals surface area contributed by atoms with Crippen molar-refractivity contribution in [1.82, 2.24) is 9.78 Å². The summed E-state index contributed by atoms with van der Waals surface area (Å²) in [7, 11) is 0. The SMILES string of the molecule is Fc1ccccc1-c1cnn(Cc2ccccc2Cl)c1. The summed E-state index contributed by atoms with van der Waals surface area (Å²) in [4.78, 5) is 0. The second kappa shape index (κ2) is 5.47. The van der Waals surface area contributed by atoms with Gasteiger partial charge >= 0.3 is 0 Å². The summed E-state index contributed by atoms with van der Waals surface area (Å²) < 4.78 is 15.5. The standard InChI is InChI=1S/C16H12ClFN2/c17-15-7-3-1-5-12(15)10-20-11-13(9-19-20)14-6-2-4-8-16(14)18/h1-9,11H,10H2. The van der Waals surface area contributed by atoms with E-state index in [2.05, 4.69) is 5.10 Å². The summed E-state index contributed by atoms with van der Waals surface area (Å²) in [6.45, 7) is 0.564. The minimum absolute atomic E-state index is 0.246. The molecule has 0 unspecified atom stereocenters. The number of hydrogen-bond acceptors (Lipinski definition) is 1. The monoisotopic (exact) mass is 286 g/mol. The molecule has 2 aromatic carbocycles. The Labute approximate surface area is 121 Å². The van der Waals surface area contributed by atoms with E-state index in [9.17, 15) is 4.39 Å². The minimum Gasteiger partial charge on any atom is -0.268 e. The van der Waals surface area contributed by atoms with Gasteiger partial charge in [0, 0.05) is 22.3 Å². The van der Waals surface area contributed by atoms with Crippen molar-refractivity contribution in [2.45, 2.75) is 6.54 Å². The highest BCUT2D eigenvalue weighted by Gasteiger charge is 2.07. The van der Waals surface area contributed by atoms with Gasteiger partial charge in [-0.25, -0.2) is 4.39 Å². The van der Waals surface area contributed by atoms with Crippen LogP contribution >= 0.6 is 11.6 Å². The van der Waals surface area contributed by atoms with E-state index in [0.717, 1.165) is 11.1 Å². The summed E-state index contributed by atoms with van der Waals surface area (Å²) in [5.41, 5.74) is 2.30. The van der Waals surface area contributed by atoms with Crippen LogP contribution in [-0.4, -0.2) is 9.78 Å². The molecule has 0 spiro atoms. The lowest BCUT2D eigenvalue weighted by Crippen LogP contribution is -2.00. The zero-order valence-corrected chi connectivity index (χ0v) is 11.4. The second-order valence-electron chi connectivity index (χ2n) is 4.50. The molecule has 0 aliphatic heterocycles. The molecule has 2 nitrogen and oxygen atoms in total. The highest BCUT2D eigenvalue weighted by atomic mass is 35.5. The molecular weight excluding hydrogens is 275 g/mol. The molecule has 3 rings (SSSR count). The van der Waals surface area contributed by atoms with Gasteiger partial charge in [0.05, 0.1) is 12.7 Å². The molecule has 0 saturated heterocycles. The Morgan fingerprint density at radius 3 is 2.60 bits per heavy atom. The van der Waals surface area contributed by atoms with Crippen molar-refractivity contribution in [2.24, 2.45) is 0 Å². The van der Waals surface area contributed by atoms with Gasteiger partial charge in [0.25, 0.3) is 0 Å². The van der Waals surface area contributed by atoms with Gasteiger partial charge in [0.15, 0.2) is 0 Å². The molecule has 0 amide bonds. The molecule has 1 heterocycles. The van der Waals surface area contributed by atoms with E-state index in [4.69, 9.17) is 11.6 Å². The Morgan fingerprint density at radius 2 is 1.80 bits per heavy atom. The van der Waals surface area contributed by atoms with Crippen LogP contribution in [0.25, 0.3) is 11.1 Å². The lowest BCUT2D eigenvalue weighted by atomic mass is 10.1. The van der Waals surface area contributed by atoms with Crippen molar-refractivity contribution < 1.29 is 4.39 Å². The molecule has 20 heavy (non-hydrogen) atoms. The molecule has 0 saturated carbocycles. The summed E-state index contributed by atoms with van der Waals surface area (Å²) in [6.07, 6.45) is 3.48. The maximum Gasteiger partial charge on any atom is 0.131 e. The maximum atomic E-state index is 13.7. The van der Waals surface area contributed by atoms with Crippen molar-refractivity contribution in [3.63, 3.8) is 0 Å². The van der Waals surface area contributed by atoms with Crippen molar-refractivity contribution in [1.29, 1.82) is 0 Å². The summed E-state index contributed by atoms with van der Waals surface area (Å²) >= 11 is 6.12. The largest absolute Gasteiger partial charge is 0.268 e. The van der Waals surface area contributed by atoms with Crippen LogP contribution in [0.3, 0.4) is 0 Å². The Morgan fingerprint density at radius 1 is 1.05 bits per heavy atom. The van der Waals surface area contributed by atoms with Crippen LogP contribution in [0.15, 0.2) is 60.9 Å². The molecule has 0 fully saturated rings. The van der Waals surface area contributed by atoms with Gasteiger partial charge in [-0.05, 0) is 17.7 Å². The molecule has 1 aromatic heterocycles. The van der Waals surface area contributed by atoms with Crippen LogP contribution in [0.1, 0.15) is 5.56 Å². The first kappa shape index (κ1) is 12.9. The van der Waals surface area contributed by atoms with Crippen molar-refractivity contribution in [2.75, 3.05) is 0 Å². The first-order valence-electron chi connectivity index (χ1n) is 6.25. The van der Waals surface area contributed by atoms with Gasteiger partial charge in [0.1, 0.15) is 5.82 Å². The van der Waals surface area contributed by atoms with Gasteiger partial charge in [-0.15, -0.1) is 0 Å². The first-order valence-corrected chi connectivity index (χ1v) is 6.62. The quantitative estimate of drug-likeness (QED) is 0.698. The summed E-state index contributed by atoms with van der Waals surface area (Å²) in [6, 6.07) is 14.3. The van der Waals surface area contributed by atoms with E-state index < -0.39 is 0 Å². The van der Waals surface area contributed by atoms with Gasteiger partial charge in [-0.2, -0.15) is 5.10 Å². The molecule has 0 bridgehead atoms. The number of halogens is 2. The topological polar surface area (TPSA) is 17.8 Å². The fourth-order valence-electron chi connectivity index (χ4n) is 2.09. The Bertz CT molecular complexity index is 737. The molecule has 4 heteroatoms. The highest BCUT2D eigenvalue weighted by molar-refractivity contribution is 6.31. The van der Waals surface area contributed by atoms with E-state index in [1.165, 1.54) is 6.07 Å². The van der Waals surface area contributed by atoms with E-state index in [1.54, 1.807) is 23.0 Å². The smallest absolute Gasteiger partial charge is 0.131 e. The fourth-order valence-corrected chi connectivity index (χ4v) is 2.28. The molecule has 0 N–H and O–H groups in total. The third-order valence-electron chi connectivity index (χ3n) is 3.11. The first-order chi connectivity index (χ1) is 9.74. The normalized spacial score (nSPS) is 10.7. The fraction of sp³-hybridized carbons (Fsp3) is 0.0625. The Balaban J connectivity index is 1.88. The zero-order valence-electron chi connectivity index (χ0n) is 10.6. The average molecular weight is 287 g/mol. The van der Waals surface area contributed by atoms with E-state index in [1.807, 2.05) is 36.5 Å². The van der Waals surface area contributed by atoms with E-state index >= 15 is 0 Å². The predicted molar refractivity (Wildman–Crippen MR) is 78.2 cm³/mol. The third kappa shape index (κ3) is 2.58. The Hall–Kier alpha value is -2.13. The number of benzene rings is 2. The summed E-state index contributed by atoms with van der Waals surface area (Å²) in [5.74, 6) is -0.246. The molecular formula is C16H12ClFN2. The van der Waals surface area contributed by atoms with Crippen LogP contribution < -0.4 is 0 Å². The second-order valence-corrected chi connectivity index (χ2v) is 4.91. The molecule has 0 aliphatic carbocycles. The molecule has 0 aliphatic rings. The van der Waals surface area contributed by atoms with Crippen LogP contribution in [0.4, 0.5) is 4.39 Å². The molecule has 100 valence electrons. The highest BCUT2D eigenvalue weighted by Crippen LogP contribution is 2.22. The van der Waals surface area contributed by atoms with E-state index in [-0.39, 0.29) is 5.82 Å². The third-order valence-corrected chi connectivity index (χ3v) is 3.48. The molecule has 0 radical (unpaired) electrons. The predicted octanol–water partition coefficient (Wildman–Crippen LogP) is 4.39. The van der Waals surface area contributed by atoms with Gasteiger partial charge in [0.2, 0.25) is 0 Å². The van der Waals surface area contributed by atoms with Gasteiger partial charge in [-0.3, -0.25) is 4.68 Å². The zero-order chi connectivity index (χ0) is 13.9. The van der Waals surface area contributed by atoms with Crippen LogP contribution in [0.2, 0.25) is 5.02 Å². The molecule has 3 aromatic rings. The van der Waals surface area contributed by atoms with Crippen molar-refractivity contribution in [3.05, 3.63) is 77.3 Å². The number of aromatic nitrogens is 2. The summed E-state index contributed by atoms with van der Waals surface area (Å²) in [5, 5.41) is 4.97. The lowest BCUT2D eigenvalue weighted by Gasteiger charge is -2.04. The van der Waals surface area contributed by atoms with Gasteiger partial charge in [-0.1, -0.05) is 48.0 Å². The number of rotatable bonds is 3. The van der Waals surface area contributed by atoms with E-state index in [0.29, 0.717) is 17.1 Å². The number of hydrogen-bond donors (Lipinski definition) is 0. The van der Waals surface area contributed by atoms with Crippen molar-refractivity contribution >= 4 is 11.6 Å². The Kier molecular flexibility index (Phi) is 3.52. The minimum atomic E-state index is -0.246. The number of nitrogens with zero attached hydrogens (tertiary/aromatic N) is 2. The molecule has 0 atom stereocenters. The van der Waals surface area contributed by atoms with Crippen LogP contribution in [-0.2, 0) is 6.54 Å². The van der Waals surface area contributed by atoms with Crippen LogP contribution in [0.5, 0.6) is 0 Å².